The van der Waals surface area contributed by atoms with Crippen LogP contribution >= 0.6 is 0 Å². The Hall–Kier alpha value is -0.610. The molecule has 0 aromatic rings. The van der Waals surface area contributed by atoms with Gasteiger partial charge in [-0.05, 0) is 6.42 Å². The second-order valence-electron chi connectivity index (χ2n) is 2.83. The van der Waals surface area contributed by atoms with Crippen LogP contribution in [-0.4, -0.2) is 43.2 Å². The van der Waals surface area contributed by atoms with Crippen LogP contribution < -0.4 is 0 Å². The smallest absolute Gasteiger partial charge is 0.255 e. The highest BCUT2D eigenvalue weighted by Gasteiger charge is 2.23. The van der Waals surface area contributed by atoms with Crippen molar-refractivity contribution in [1.82, 2.24) is 4.90 Å². The number of nitrogens with zero attached hydrogens (tertiary/aromatic N) is 1. The number of morpholine rings is 1. The first-order valence-electron chi connectivity index (χ1n) is 4.28. The molecule has 0 N–H and O–H groups in total. The van der Waals surface area contributed by atoms with Gasteiger partial charge >= 0.3 is 0 Å². The van der Waals surface area contributed by atoms with Gasteiger partial charge in [0.2, 0.25) is 0 Å². The minimum atomic E-state index is -1.08. The molecule has 1 aliphatic rings. The second-order valence-corrected chi connectivity index (χ2v) is 2.83. The lowest BCUT2D eigenvalue weighted by molar-refractivity contribution is -0.147. The zero-order valence-corrected chi connectivity index (χ0v) is 7.28. The second kappa shape index (κ2) is 4.42. The molecule has 12 heavy (non-hydrogen) atoms. The predicted molar refractivity (Wildman–Crippen MR) is 42.2 cm³/mol. The molecule has 1 saturated heterocycles. The van der Waals surface area contributed by atoms with Crippen molar-refractivity contribution in [2.45, 2.75) is 19.4 Å². The Morgan fingerprint density at radius 1 is 1.50 bits per heavy atom. The van der Waals surface area contributed by atoms with Gasteiger partial charge in [0, 0.05) is 13.1 Å². The van der Waals surface area contributed by atoms with Gasteiger partial charge in [-0.1, -0.05) is 6.92 Å². The van der Waals surface area contributed by atoms with Gasteiger partial charge in [-0.25, -0.2) is 5.11 Å². The first-order valence-corrected chi connectivity index (χ1v) is 4.28. The van der Waals surface area contributed by atoms with Crippen molar-refractivity contribution in [3.8, 4) is 0 Å². The maximum atomic E-state index is 11.3. The standard InChI is InChI=1S/C8H14NO3/c1-2-7(10)8(11)9-3-5-12-6-4-9/h7H,2-6H2,1H3. The Morgan fingerprint density at radius 2 is 2.08 bits per heavy atom. The maximum absolute atomic E-state index is 11.3. The molecule has 0 aromatic carbocycles. The van der Waals surface area contributed by atoms with Gasteiger partial charge < -0.3 is 9.64 Å². The Bertz CT molecular complexity index is 154. The van der Waals surface area contributed by atoms with Crippen molar-refractivity contribution in [2.24, 2.45) is 0 Å². The predicted octanol–water partition coefficient (Wildman–Crippen LogP) is 0.0543. The molecule has 1 radical (unpaired) electrons. The average molecular weight is 172 g/mol. The third-order valence-electron chi connectivity index (χ3n) is 1.97. The van der Waals surface area contributed by atoms with Gasteiger partial charge in [0.05, 0.1) is 13.2 Å². The molecule has 1 fully saturated rings. The van der Waals surface area contributed by atoms with E-state index in [1.54, 1.807) is 11.8 Å². The van der Waals surface area contributed by atoms with E-state index in [-0.39, 0.29) is 5.91 Å². The monoisotopic (exact) mass is 172 g/mol. The third kappa shape index (κ3) is 2.19. The molecule has 0 bridgehead atoms. The van der Waals surface area contributed by atoms with Crippen molar-refractivity contribution in [3.05, 3.63) is 0 Å². The largest absolute Gasteiger partial charge is 0.378 e. The SMILES string of the molecule is CCC([O])C(=O)N1CCOCC1. The molecule has 1 unspecified atom stereocenters. The van der Waals surface area contributed by atoms with Crippen LogP contribution in [0.15, 0.2) is 0 Å². The van der Waals surface area contributed by atoms with E-state index >= 15 is 0 Å². The topological polar surface area (TPSA) is 49.4 Å². The number of hydrogen-bond acceptors (Lipinski definition) is 2. The molecule has 1 heterocycles. The number of hydrogen-bond donors (Lipinski definition) is 0. The molecule has 1 amide bonds. The lowest BCUT2D eigenvalue weighted by atomic mass is 10.2. The minimum absolute atomic E-state index is 0.277. The van der Waals surface area contributed by atoms with E-state index in [2.05, 4.69) is 0 Å². The quantitative estimate of drug-likeness (QED) is 0.591. The van der Waals surface area contributed by atoms with Crippen molar-refractivity contribution in [2.75, 3.05) is 26.3 Å². The molecular formula is C8H14NO3. The first-order chi connectivity index (χ1) is 5.75. The fraction of sp³-hybridized carbons (Fsp3) is 0.875. The van der Waals surface area contributed by atoms with Crippen LogP contribution in [0.4, 0.5) is 0 Å². The van der Waals surface area contributed by atoms with Crippen LogP contribution in [0.25, 0.3) is 0 Å². The normalized spacial score (nSPS) is 20.7. The van der Waals surface area contributed by atoms with E-state index in [1.165, 1.54) is 0 Å². The summed E-state index contributed by atoms with van der Waals surface area (Å²) in [4.78, 5) is 12.9. The van der Waals surface area contributed by atoms with Crippen molar-refractivity contribution in [1.29, 1.82) is 0 Å². The van der Waals surface area contributed by atoms with E-state index in [0.29, 0.717) is 32.7 Å². The summed E-state index contributed by atoms with van der Waals surface area (Å²) in [5.74, 6) is -0.277. The lowest BCUT2D eigenvalue weighted by Crippen LogP contribution is -2.45. The molecule has 1 rings (SSSR count). The number of amides is 1. The molecule has 0 aromatic heterocycles. The van der Waals surface area contributed by atoms with Gasteiger partial charge in [-0.3, -0.25) is 4.79 Å². The van der Waals surface area contributed by atoms with Gasteiger partial charge in [-0.15, -0.1) is 0 Å². The van der Waals surface area contributed by atoms with Crippen LogP contribution in [0.1, 0.15) is 13.3 Å². The average Bonchev–Trinajstić information content (AvgIpc) is 2.17. The minimum Gasteiger partial charge on any atom is -0.378 e. The van der Waals surface area contributed by atoms with Crippen molar-refractivity contribution < 1.29 is 14.6 Å². The molecule has 4 heteroatoms. The molecule has 1 aliphatic heterocycles. The van der Waals surface area contributed by atoms with Crippen LogP contribution in [0.5, 0.6) is 0 Å². The molecule has 1 atom stereocenters. The Morgan fingerprint density at radius 3 is 2.58 bits per heavy atom. The summed E-state index contributed by atoms with van der Waals surface area (Å²) in [5, 5.41) is 11.1. The highest BCUT2D eigenvalue weighted by atomic mass is 16.5. The van der Waals surface area contributed by atoms with Gasteiger partial charge in [0.25, 0.3) is 5.91 Å². The van der Waals surface area contributed by atoms with Crippen LogP contribution in [0.2, 0.25) is 0 Å². The summed E-state index contributed by atoms with van der Waals surface area (Å²) in [6, 6.07) is 0. The van der Waals surface area contributed by atoms with Crippen LogP contribution in [0, 0.1) is 0 Å². The zero-order valence-electron chi connectivity index (χ0n) is 7.28. The fourth-order valence-electron chi connectivity index (χ4n) is 1.16. The number of carbonyl (C=O) groups is 1. The van der Waals surface area contributed by atoms with Gasteiger partial charge in [0.1, 0.15) is 0 Å². The van der Waals surface area contributed by atoms with Crippen molar-refractivity contribution in [3.63, 3.8) is 0 Å². The van der Waals surface area contributed by atoms with E-state index < -0.39 is 6.10 Å². The maximum Gasteiger partial charge on any atom is 0.255 e. The summed E-state index contributed by atoms with van der Waals surface area (Å²) in [5.41, 5.74) is 0. The Labute approximate surface area is 72.1 Å². The lowest BCUT2D eigenvalue weighted by Gasteiger charge is -2.27. The number of carbonyl (C=O) groups excluding carboxylic acids is 1. The van der Waals surface area contributed by atoms with E-state index in [4.69, 9.17) is 4.74 Å². The highest BCUT2D eigenvalue weighted by molar-refractivity contribution is 5.80. The van der Waals surface area contributed by atoms with E-state index in [1.807, 2.05) is 0 Å². The first kappa shape index (κ1) is 9.48. The molecule has 0 saturated carbocycles. The third-order valence-corrected chi connectivity index (χ3v) is 1.97. The molecule has 0 aliphatic carbocycles. The summed E-state index contributed by atoms with van der Waals surface area (Å²) < 4.78 is 5.07. The van der Waals surface area contributed by atoms with Crippen molar-refractivity contribution >= 4 is 5.91 Å². The van der Waals surface area contributed by atoms with Gasteiger partial charge in [0.15, 0.2) is 6.10 Å². The summed E-state index contributed by atoms with van der Waals surface area (Å²) in [7, 11) is 0. The van der Waals surface area contributed by atoms with Gasteiger partial charge in [-0.2, -0.15) is 0 Å². The number of rotatable bonds is 2. The Kier molecular flexibility index (Phi) is 3.49. The van der Waals surface area contributed by atoms with Crippen LogP contribution in [0.3, 0.4) is 0 Å². The Balaban J connectivity index is 2.39. The summed E-state index contributed by atoms with van der Waals surface area (Å²) >= 11 is 0. The molecule has 4 nitrogen and oxygen atoms in total. The molecule has 69 valence electrons. The zero-order chi connectivity index (χ0) is 8.97. The highest BCUT2D eigenvalue weighted by Crippen LogP contribution is 2.02. The summed E-state index contributed by atoms with van der Waals surface area (Å²) in [6.45, 7) is 3.98. The molecular weight excluding hydrogens is 158 g/mol. The summed E-state index contributed by atoms with van der Waals surface area (Å²) in [6.07, 6.45) is -0.709. The van der Waals surface area contributed by atoms with E-state index in [0.717, 1.165) is 0 Å². The number of ether oxygens (including phenoxy) is 1. The van der Waals surface area contributed by atoms with Crippen LogP contribution in [-0.2, 0) is 14.6 Å². The fourth-order valence-corrected chi connectivity index (χ4v) is 1.16. The molecule has 0 spiro atoms. The van der Waals surface area contributed by atoms with E-state index in [9.17, 15) is 9.90 Å².